The Labute approximate surface area is 125 Å². The van der Waals surface area contributed by atoms with Crippen molar-refractivity contribution in [1.29, 1.82) is 5.26 Å². The third-order valence-corrected chi connectivity index (χ3v) is 3.61. The summed E-state index contributed by atoms with van der Waals surface area (Å²) in [5.74, 6) is 0.429. The van der Waals surface area contributed by atoms with Gasteiger partial charge in [-0.15, -0.1) is 0 Å². The van der Waals surface area contributed by atoms with Crippen LogP contribution < -0.4 is 15.4 Å². The van der Waals surface area contributed by atoms with Crippen LogP contribution in [-0.4, -0.2) is 25.6 Å². The fourth-order valence-corrected chi connectivity index (χ4v) is 2.68. The maximum absolute atomic E-state index is 11.4. The summed E-state index contributed by atoms with van der Waals surface area (Å²) < 4.78 is 5.48. The number of carbonyl (C=O) groups excluding carboxylic acids is 1. The predicted octanol–water partition coefficient (Wildman–Crippen LogP) is 1.69. The van der Waals surface area contributed by atoms with Crippen molar-refractivity contribution in [2.75, 3.05) is 19.7 Å². The Kier molecular flexibility index (Phi) is 5.59. The molecule has 1 aromatic carbocycles. The molecule has 0 aromatic heterocycles. The molecule has 1 unspecified atom stereocenters. The zero-order valence-corrected chi connectivity index (χ0v) is 12.3. The van der Waals surface area contributed by atoms with Crippen molar-refractivity contribution in [3.05, 3.63) is 29.3 Å². The largest absolute Gasteiger partial charge is 0.484 e. The number of aryl methyl sites for hydroxylation is 1. The zero-order chi connectivity index (χ0) is 15.1. The van der Waals surface area contributed by atoms with Crippen LogP contribution in [0.2, 0.25) is 0 Å². The number of hydrogen-bond donors (Lipinski definition) is 2. The van der Waals surface area contributed by atoms with Gasteiger partial charge in [0.2, 0.25) is 0 Å². The maximum Gasteiger partial charge on any atom is 0.258 e. The van der Waals surface area contributed by atoms with E-state index in [4.69, 9.17) is 10.00 Å². The van der Waals surface area contributed by atoms with Crippen LogP contribution in [0.3, 0.4) is 0 Å². The van der Waals surface area contributed by atoms with Crippen LogP contribution in [0.4, 0.5) is 0 Å². The third kappa shape index (κ3) is 4.20. The highest BCUT2D eigenvalue weighted by Gasteiger charge is 2.19. The lowest BCUT2D eigenvalue weighted by Gasteiger charge is -2.26. The Balaban J connectivity index is 1.97. The van der Waals surface area contributed by atoms with Gasteiger partial charge in [0.25, 0.3) is 5.91 Å². The van der Waals surface area contributed by atoms with Crippen molar-refractivity contribution < 1.29 is 9.53 Å². The summed E-state index contributed by atoms with van der Waals surface area (Å²) in [4.78, 5) is 11.4. The van der Waals surface area contributed by atoms with E-state index >= 15 is 0 Å². The first-order valence-electron chi connectivity index (χ1n) is 7.37. The summed E-state index contributed by atoms with van der Waals surface area (Å²) in [6, 6.07) is 8.30. The number of carbonyl (C=O) groups is 1. The van der Waals surface area contributed by atoms with Gasteiger partial charge >= 0.3 is 0 Å². The van der Waals surface area contributed by atoms with Gasteiger partial charge in [-0.2, -0.15) is 5.26 Å². The van der Waals surface area contributed by atoms with Crippen LogP contribution in [0.15, 0.2) is 18.2 Å². The van der Waals surface area contributed by atoms with Gasteiger partial charge in [-0.3, -0.25) is 4.79 Å². The van der Waals surface area contributed by atoms with E-state index in [0.717, 1.165) is 25.8 Å². The molecule has 0 aliphatic heterocycles. The van der Waals surface area contributed by atoms with E-state index in [9.17, 15) is 4.79 Å². The Hall–Kier alpha value is -2.06. The van der Waals surface area contributed by atoms with Crippen LogP contribution in [0.1, 0.15) is 36.9 Å². The smallest absolute Gasteiger partial charge is 0.258 e. The standard InChI is InChI=1S/C16H21N3O2/c1-2-18-15-5-3-4-12-10-13(6-7-14(12)15)21-11-16(20)19-9-8-17/h6-7,10,15,18H,2-5,9,11H2,1H3,(H,19,20). The lowest BCUT2D eigenvalue weighted by molar-refractivity contribution is -0.122. The average Bonchev–Trinajstić information content (AvgIpc) is 2.51. The summed E-state index contributed by atoms with van der Waals surface area (Å²) >= 11 is 0. The van der Waals surface area contributed by atoms with Crippen LogP contribution in [0.5, 0.6) is 5.75 Å². The molecular weight excluding hydrogens is 266 g/mol. The molecule has 112 valence electrons. The number of ether oxygens (including phenoxy) is 1. The molecule has 5 heteroatoms. The van der Waals surface area contributed by atoms with Gasteiger partial charge in [0.15, 0.2) is 6.61 Å². The number of nitriles is 1. The molecular formula is C16H21N3O2. The van der Waals surface area contributed by atoms with E-state index in [2.05, 4.69) is 23.6 Å². The van der Waals surface area contributed by atoms with Gasteiger partial charge in [0.1, 0.15) is 12.3 Å². The molecule has 0 fully saturated rings. The van der Waals surface area contributed by atoms with E-state index in [0.29, 0.717) is 11.8 Å². The summed E-state index contributed by atoms with van der Waals surface area (Å²) in [5.41, 5.74) is 2.63. The minimum atomic E-state index is -0.278. The molecule has 0 spiro atoms. The number of fused-ring (bicyclic) bond motifs is 1. The van der Waals surface area contributed by atoms with Crippen LogP contribution in [0.25, 0.3) is 0 Å². The molecule has 1 amide bonds. The highest BCUT2D eigenvalue weighted by atomic mass is 16.5. The molecule has 0 saturated heterocycles. The summed E-state index contributed by atoms with van der Waals surface area (Å²) in [7, 11) is 0. The van der Waals surface area contributed by atoms with Gasteiger partial charge in [-0.05, 0) is 49.1 Å². The van der Waals surface area contributed by atoms with Gasteiger partial charge in [0, 0.05) is 6.04 Å². The molecule has 2 rings (SSSR count). The Morgan fingerprint density at radius 1 is 1.52 bits per heavy atom. The normalized spacial score (nSPS) is 16.7. The third-order valence-electron chi connectivity index (χ3n) is 3.61. The summed E-state index contributed by atoms with van der Waals surface area (Å²) in [5, 5.41) is 14.3. The second kappa shape index (κ2) is 7.65. The SMILES string of the molecule is CCNC1CCCc2cc(OCC(=O)NCC#N)ccc21. The van der Waals surface area contributed by atoms with Crippen molar-refractivity contribution >= 4 is 5.91 Å². The lowest BCUT2D eigenvalue weighted by Crippen LogP contribution is -2.29. The van der Waals surface area contributed by atoms with Gasteiger partial charge in [-0.1, -0.05) is 13.0 Å². The number of benzene rings is 1. The lowest BCUT2D eigenvalue weighted by atomic mass is 9.87. The first-order chi connectivity index (χ1) is 10.2. The predicted molar refractivity (Wildman–Crippen MR) is 79.9 cm³/mol. The van der Waals surface area contributed by atoms with Crippen LogP contribution in [-0.2, 0) is 11.2 Å². The molecule has 0 saturated carbocycles. The molecule has 1 aliphatic carbocycles. The zero-order valence-electron chi connectivity index (χ0n) is 12.3. The fourth-order valence-electron chi connectivity index (χ4n) is 2.68. The number of nitrogens with zero attached hydrogens (tertiary/aromatic N) is 1. The van der Waals surface area contributed by atoms with Crippen LogP contribution >= 0.6 is 0 Å². The Morgan fingerprint density at radius 2 is 2.38 bits per heavy atom. The monoisotopic (exact) mass is 287 g/mol. The molecule has 0 heterocycles. The number of amides is 1. The molecule has 1 aromatic rings. The Bertz CT molecular complexity index is 537. The number of nitrogens with one attached hydrogen (secondary N) is 2. The molecule has 0 bridgehead atoms. The molecule has 21 heavy (non-hydrogen) atoms. The molecule has 5 nitrogen and oxygen atoms in total. The summed E-state index contributed by atoms with van der Waals surface area (Å²) in [6.07, 6.45) is 3.38. The number of rotatable bonds is 6. The van der Waals surface area contributed by atoms with E-state index in [1.807, 2.05) is 18.2 Å². The minimum absolute atomic E-state index is 0.0107. The Morgan fingerprint density at radius 3 is 3.14 bits per heavy atom. The first-order valence-corrected chi connectivity index (χ1v) is 7.37. The van der Waals surface area contributed by atoms with Crippen molar-refractivity contribution in [2.45, 2.75) is 32.2 Å². The summed E-state index contributed by atoms with van der Waals surface area (Å²) in [6.45, 7) is 3.03. The molecule has 1 atom stereocenters. The van der Waals surface area contributed by atoms with E-state index < -0.39 is 0 Å². The minimum Gasteiger partial charge on any atom is -0.484 e. The number of hydrogen-bond acceptors (Lipinski definition) is 4. The fraction of sp³-hybridized carbons (Fsp3) is 0.500. The van der Waals surface area contributed by atoms with Crippen molar-refractivity contribution in [2.24, 2.45) is 0 Å². The topological polar surface area (TPSA) is 74.2 Å². The van der Waals surface area contributed by atoms with Gasteiger partial charge < -0.3 is 15.4 Å². The van der Waals surface area contributed by atoms with Crippen LogP contribution in [0, 0.1) is 11.3 Å². The van der Waals surface area contributed by atoms with Gasteiger partial charge in [0.05, 0.1) is 6.07 Å². The van der Waals surface area contributed by atoms with Crippen molar-refractivity contribution in [3.63, 3.8) is 0 Å². The van der Waals surface area contributed by atoms with E-state index in [1.165, 1.54) is 11.1 Å². The first kappa shape index (κ1) is 15.3. The van der Waals surface area contributed by atoms with Crippen molar-refractivity contribution in [3.8, 4) is 11.8 Å². The highest BCUT2D eigenvalue weighted by Crippen LogP contribution is 2.32. The van der Waals surface area contributed by atoms with E-state index in [-0.39, 0.29) is 19.1 Å². The average molecular weight is 287 g/mol. The quantitative estimate of drug-likeness (QED) is 0.781. The second-order valence-electron chi connectivity index (χ2n) is 5.09. The molecule has 0 radical (unpaired) electrons. The highest BCUT2D eigenvalue weighted by molar-refractivity contribution is 5.77. The molecule has 2 N–H and O–H groups in total. The maximum atomic E-state index is 11.4. The second-order valence-corrected chi connectivity index (χ2v) is 5.09. The van der Waals surface area contributed by atoms with E-state index in [1.54, 1.807) is 0 Å². The van der Waals surface area contributed by atoms with Gasteiger partial charge in [-0.25, -0.2) is 0 Å². The molecule has 1 aliphatic rings. The van der Waals surface area contributed by atoms with Crippen molar-refractivity contribution in [1.82, 2.24) is 10.6 Å².